The highest BCUT2D eigenvalue weighted by Gasteiger charge is 2.24. The number of hydrogen-bond donors (Lipinski definition) is 3. The topological polar surface area (TPSA) is 129 Å². The number of methoxy groups -OCH3 is 1. The minimum absolute atomic E-state index is 0.126. The van der Waals surface area contributed by atoms with Gasteiger partial charge in [0.15, 0.2) is 5.82 Å². The zero-order valence-electron chi connectivity index (χ0n) is 21.9. The number of nitrogen functional groups attached to an aromatic ring is 1. The van der Waals surface area contributed by atoms with Gasteiger partial charge in [0.25, 0.3) is 5.91 Å². The number of rotatable bonds is 8. The molecule has 1 atom stereocenters. The molecule has 0 radical (unpaired) electrons. The summed E-state index contributed by atoms with van der Waals surface area (Å²) in [6.45, 7) is 2.34. The molecule has 0 bridgehead atoms. The van der Waals surface area contributed by atoms with E-state index in [1.807, 2.05) is 37.3 Å². The van der Waals surface area contributed by atoms with Crippen LogP contribution in [0.4, 0.5) is 11.5 Å². The van der Waals surface area contributed by atoms with Gasteiger partial charge in [-0.15, -0.1) is 0 Å². The number of ether oxygens (including phenoxy) is 1. The highest BCUT2D eigenvalue weighted by Crippen LogP contribution is 2.35. The van der Waals surface area contributed by atoms with Crippen molar-refractivity contribution in [2.24, 2.45) is 5.92 Å². The van der Waals surface area contributed by atoms with Crippen LogP contribution in [0.2, 0.25) is 0 Å². The Kier molecular flexibility index (Phi) is 8.09. The molecule has 2 aromatic carbocycles. The molecule has 0 spiro atoms. The Labute approximate surface area is 218 Å². The fourth-order valence-corrected chi connectivity index (χ4v) is 4.80. The van der Waals surface area contributed by atoms with E-state index in [-0.39, 0.29) is 29.4 Å². The summed E-state index contributed by atoms with van der Waals surface area (Å²) < 4.78 is 5.57. The summed E-state index contributed by atoms with van der Waals surface area (Å²) in [6.07, 6.45) is 3.99. The molecule has 37 heavy (non-hydrogen) atoms. The summed E-state index contributed by atoms with van der Waals surface area (Å²) >= 11 is 0. The minimum atomic E-state index is -0.237. The van der Waals surface area contributed by atoms with E-state index in [1.165, 1.54) is 6.07 Å². The number of hydrogen-bond acceptors (Lipinski definition) is 8. The van der Waals surface area contributed by atoms with Gasteiger partial charge in [-0.3, -0.25) is 4.79 Å². The van der Waals surface area contributed by atoms with Gasteiger partial charge in [0, 0.05) is 35.6 Å². The average Bonchev–Trinajstić information content (AvgIpc) is 2.90. The molecule has 1 saturated carbocycles. The fourth-order valence-electron chi connectivity index (χ4n) is 4.80. The van der Waals surface area contributed by atoms with Crippen molar-refractivity contribution in [2.45, 2.75) is 44.7 Å². The number of carbonyl (C=O) groups is 1. The maximum absolute atomic E-state index is 13.1. The summed E-state index contributed by atoms with van der Waals surface area (Å²) in [4.78, 5) is 24.3. The molecule has 0 aliphatic heterocycles. The molecule has 4 rings (SSSR count). The molecule has 1 aliphatic rings. The molecule has 9 nitrogen and oxygen atoms in total. The predicted molar refractivity (Wildman–Crippen MR) is 146 cm³/mol. The molecule has 1 unspecified atom stereocenters. The molecule has 1 amide bonds. The van der Waals surface area contributed by atoms with Crippen LogP contribution in [0.1, 0.15) is 43.1 Å². The standard InChI is InChI=1S/C28H35N7O2/c1-17(15-29)16-31-26-22-13-19(6-5-18(22)7-12-24(26)37-4)27-33-23(14-25(30)34-27)28(36)32-20-8-10-21(11-9-20)35(2)3/h5-7,12-14,17,20-21,31H,8-11,16H2,1-4H3,(H,32,36)(H2,30,33,34). The van der Waals surface area contributed by atoms with Gasteiger partial charge >= 0.3 is 0 Å². The lowest BCUT2D eigenvalue weighted by Gasteiger charge is -2.32. The van der Waals surface area contributed by atoms with Crippen molar-refractivity contribution in [3.63, 3.8) is 0 Å². The number of aromatic nitrogens is 2. The number of nitrogens with one attached hydrogen (secondary N) is 2. The zero-order chi connectivity index (χ0) is 26.5. The summed E-state index contributed by atoms with van der Waals surface area (Å²) in [6, 6.07) is 14.1. The predicted octanol–water partition coefficient (Wildman–Crippen LogP) is 4.06. The lowest BCUT2D eigenvalue weighted by Crippen LogP contribution is -2.42. The third-order valence-electron chi connectivity index (χ3n) is 7.01. The second kappa shape index (κ2) is 11.4. The lowest BCUT2D eigenvalue weighted by molar-refractivity contribution is 0.0911. The van der Waals surface area contributed by atoms with Crippen LogP contribution in [0.15, 0.2) is 36.4 Å². The highest BCUT2D eigenvalue weighted by molar-refractivity contribution is 5.99. The van der Waals surface area contributed by atoms with Crippen LogP contribution < -0.4 is 21.1 Å². The molecule has 0 saturated heterocycles. The molecule has 194 valence electrons. The van der Waals surface area contributed by atoms with E-state index in [1.54, 1.807) is 7.11 Å². The van der Waals surface area contributed by atoms with Crippen molar-refractivity contribution in [3.05, 3.63) is 42.1 Å². The highest BCUT2D eigenvalue weighted by atomic mass is 16.5. The largest absolute Gasteiger partial charge is 0.495 e. The molecule has 1 aliphatic carbocycles. The number of benzene rings is 2. The number of nitrogens with two attached hydrogens (primary N) is 1. The number of nitriles is 1. The van der Waals surface area contributed by atoms with Gasteiger partial charge in [0.2, 0.25) is 0 Å². The van der Waals surface area contributed by atoms with Crippen LogP contribution in [0, 0.1) is 17.2 Å². The molecule has 1 aromatic heterocycles. The van der Waals surface area contributed by atoms with Crippen LogP contribution in [-0.2, 0) is 0 Å². The summed E-state index contributed by atoms with van der Waals surface area (Å²) in [5, 5.41) is 17.6. The Balaban J connectivity index is 1.61. The average molecular weight is 502 g/mol. The van der Waals surface area contributed by atoms with Gasteiger partial charge in [-0.05, 0) is 64.2 Å². The smallest absolute Gasteiger partial charge is 0.270 e. The quantitative estimate of drug-likeness (QED) is 0.421. The van der Waals surface area contributed by atoms with E-state index in [2.05, 4.69) is 45.7 Å². The third-order valence-corrected chi connectivity index (χ3v) is 7.01. The molecular weight excluding hydrogens is 466 g/mol. The first-order valence-corrected chi connectivity index (χ1v) is 12.7. The molecule has 1 fully saturated rings. The molecule has 4 N–H and O–H groups in total. The van der Waals surface area contributed by atoms with E-state index in [9.17, 15) is 10.1 Å². The number of carbonyl (C=O) groups excluding carboxylic acids is 1. The minimum Gasteiger partial charge on any atom is -0.495 e. The van der Waals surface area contributed by atoms with Crippen LogP contribution in [0.3, 0.4) is 0 Å². The molecular formula is C28H35N7O2. The number of fused-ring (bicyclic) bond motifs is 1. The molecule has 3 aromatic rings. The van der Waals surface area contributed by atoms with Gasteiger partial charge in [0.05, 0.1) is 24.8 Å². The summed E-state index contributed by atoms with van der Waals surface area (Å²) in [5.74, 6) is 0.881. The third kappa shape index (κ3) is 6.09. The first-order chi connectivity index (χ1) is 17.8. The van der Waals surface area contributed by atoms with Crippen LogP contribution in [0.5, 0.6) is 5.75 Å². The summed E-state index contributed by atoms with van der Waals surface area (Å²) in [5.41, 5.74) is 7.88. The Morgan fingerprint density at radius 3 is 2.59 bits per heavy atom. The Hall–Kier alpha value is -3.90. The SMILES string of the molecule is COc1ccc2ccc(-c3nc(N)cc(C(=O)NC4CCC(N(C)C)CC4)n3)cc2c1NCC(C)C#N. The molecule has 1 heterocycles. The van der Waals surface area contributed by atoms with E-state index < -0.39 is 0 Å². The summed E-state index contributed by atoms with van der Waals surface area (Å²) in [7, 11) is 5.82. The van der Waals surface area contributed by atoms with Crippen molar-refractivity contribution < 1.29 is 9.53 Å². The zero-order valence-corrected chi connectivity index (χ0v) is 21.9. The number of amides is 1. The van der Waals surface area contributed by atoms with Gasteiger partial charge < -0.3 is 26.0 Å². The number of nitrogens with zero attached hydrogens (tertiary/aromatic N) is 4. The van der Waals surface area contributed by atoms with Crippen molar-refractivity contribution >= 4 is 28.2 Å². The van der Waals surface area contributed by atoms with Gasteiger partial charge in [-0.2, -0.15) is 5.26 Å². The Bertz CT molecular complexity index is 1310. The van der Waals surface area contributed by atoms with Crippen molar-refractivity contribution in [3.8, 4) is 23.2 Å². The maximum atomic E-state index is 13.1. The van der Waals surface area contributed by atoms with E-state index in [0.29, 0.717) is 24.2 Å². The van der Waals surface area contributed by atoms with E-state index in [4.69, 9.17) is 10.5 Å². The van der Waals surface area contributed by atoms with Crippen LogP contribution in [-0.4, -0.2) is 60.6 Å². The van der Waals surface area contributed by atoms with Crippen molar-refractivity contribution in [1.82, 2.24) is 20.2 Å². The van der Waals surface area contributed by atoms with Gasteiger partial charge in [0.1, 0.15) is 17.3 Å². The number of anilines is 2. The Morgan fingerprint density at radius 1 is 1.19 bits per heavy atom. The first kappa shape index (κ1) is 26.2. The monoisotopic (exact) mass is 501 g/mol. The maximum Gasteiger partial charge on any atom is 0.270 e. The second-order valence-corrected chi connectivity index (χ2v) is 9.93. The second-order valence-electron chi connectivity index (χ2n) is 9.93. The first-order valence-electron chi connectivity index (χ1n) is 12.7. The van der Waals surface area contributed by atoms with E-state index >= 15 is 0 Å². The van der Waals surface area contributed by atoms with Crippen molar-refractivity contribution in [1.29, 1.82) is 5.26 Å². The van der Waals surface area contributed by atoms with Gasteiger partial charge in [-0.1, -0.05) is 18.2 Å². The van der Waals surface area contributed by atoms with E-state index in [0.717, 1.165) is 47.7 Å². The fraction of sp³-hybridized carbons (Fsp3) is 0.429. The van der Waals surface area contributed by atoms with Crippen LogP contribution >= 0.6 is 0 Å². The molecule has 9 heteroatoms. The van der Waals surface area contributed by atoms with Gasteiger partial charge in [-0.25, -0.2) is 9.97 Å². The van der Waals surface area contributed by atoms with Crippen molar-refractivity contribution in [2.75, 3.05) is 38.8 Å². The lowest BCUT2D eigenvalue weighted by atomic mass is 9.90. The Morgan fingerprint density at radius 2 is 1.92 bits per heavy atom. The normalized spacial score (nSPS) is 18.3. The van der Waals surface area contributed by atoms with Crippen LogP contribution in [0.25, 0.3) is 22.2 Å².